The van der Waals surface area contributed by atoms with Crippen LogP contribution in [0.15, 0.2) is 36.5 Å². The van der Waals surface area contributed by atoms with E-state index in [-0.39, 0.29) is 6.03 Å². The first-order chi connectivity index (χ1) is 11.2. The maximum Gasteiger partial charge on any atom is 0.320 e. The highest BCUT2D eigenvalue weighted by Gasteiger charge is 2.16. The molecule has 1 aliphatic carbocycles. The topological polar surface area (TPSA) is 59.0 Å². The van der Waals surface area contributed by atoms with Crippen LogP contribution in [-0.2, 0) is 6.54 Å². The highest BCUT2D eigenvalue weighted by atomic mass is 35.5. The van der Waals surface area contributed by atoms with E-state index < -0.39 is 0 Å². The summed E-state index contributed by atoms with van der Waals surface area (Å²) in [5.41, 5.74) is 1.11. The molecule has 0 saturated heterocycles. The molecule has 2 aromatic rings. The molecule has 2 N–H and O–H groups in total. The van der Waals surface area contributed by atoms with Gasteiger partial charge in [0.25, 0.3) is 0 Å². The summed E-state index contributed by atoms with van der Waals surface area (Å²) in [6.45, 7) is 0.642. The van der Waals surface area contributed by atoms with Crippen LogP contribution in [0, 0.1) is 0 Å². The highest BCUT2D eigenvalue weighted by molar-refractivity contribution is 6.30. The van der Waals surface area contributed by atoms with Crippen molar-refractivity contribution in [1.29, 1.82) is 0 Å². The molecule has 5 nitrogen and oxygen atoms in total. The summed E-state index contributed by atoms with van der Waals surface area (Å²) in [6.07, 6.45) is 7.65. The average Bonchev–Trinajstić information content (AvgIpc) is 2.97. The number of hydrogen-bond acceptors (Lipinski definition) is 2. The van der Waals surface area contributed by atoms with Gasteiger partial charge in [-0.05, 0) is 30.5 Å². The Hall–Kier alpha value is -2.01. The van der Waals surface area contributed by atoms with Gasteiger partial charge < -0.3 is 5.32 Å². The van der Waals surface area contributed by atoms with Crippen molar-refractivity contribution in [3.05, 3.63) is 47.1 Å². The molecular weight excluding hydrogens is 312 g/mol. The van der Waals surface area contributed by atoms with E-state index in [0.717, 1.165) is 23.4 Å². The first-order valence-electron chi connectivity index (χ1n) is 8.04. The molecule has 1 fully saturated rings. The Morgan fingerprint density at radius 1 is 1.17 bits per heavy atom. The number of hydrogen-bond donors (Lipinski definition) is 2. The second kappa shape index (κ2) is 7.51. The second-order valence-corrected chi connectivity index (χ2v) is 6.39. The van der Waals surface area contributed by atoms with E-state index in [0.29, 0.717) is 18.4 Å². The van der Waals surface area contributed by atoms with Gasteiger partial charge in [0.2, 0.25) is 0 Å². The minimum Gasteiger partial charge on any atom is -0.335 e. The highest BCUT2D eigenvalue weighted by Crippen LogP contribution is 2.17. The molecule has 1 aromatic heterocycles. The number of carbonyl (C=O) groups is 1. The van der Waals surface area contributed by atoms with Crippen LogP contribution in [0.5, 0.6) is 0 Å². The molecule has 0 atom stereocenters. The van der Waals surface area contributed by atoms with Gasteiger partial charge in [-0.2, -0.15) is 5.10 Å². The molecule has 0 unspecified atom stereocenters. The van der Waals surface area contributed by atoms with Crippen molar-refractivity contribution in [3.63, 3.8) is 0 Å². The Labute approximate surface area is 141 Å². The molecule has 1 saturated carbocycles. The molecule has 2 amide bonds. The van der Waals surface area contributed by atoms with E-state index in [2.05, 4.69) is 15.7 Å². The zero-order chi connectivity index (χ0) is 16.1. The number of aromatic nitrogens is 2. The first kappa shape index (κ1) is 15.9. The second-order valence-electron chi connectivity index (χ2n) is 5.96. The fourth-order valence-electron chi connectivity index (χ4n) is 2.88. The third-order valence-corrected chi connectivity index (χ3v) is 4.33. The number of nitrogens with one attached hydrogen (secondary N) is 2. The number of urea groups is 1. The summed E-state index contributed by atoms with van der Waals surface area (Å²) in [4.78, 5) is 12.0. The minimum atomic E-state index is -0.173. The minimum absolute atomic E-state index is 0.173. The van der Waals surface area contributed by atoms with Gasteiger partial charge in [-0.1, -0.05) is 43.0 Å². The lowest BCUT2D eigenvalue weighted by molar-refractivity contribution is 0.244. The van der Waals surface area contributed by atoms with Crippen molar-refractivity contribution in [1.82, 2.24) is 15.1 Å². The van der Waals surface area contributed by atoms with Crippen LogP contribution in [0.3, 0.4) is 0 Å². The normalized spacial score (nSPS) is 15.3. The van der Waals surface area contributed by atoms with Crippen molar-refractivity contribution in [2.75, 3.05) is 5.32 Å². The zero-order valence-electron chi connectivity index (χ0n) is 13.0. The fraction of sp³-hybridized carbons (Fsp3) is 0.412. The van der Waals surface area contributed by atoms with Gasteiger partial charge in [0, 0.05) is 23.3 Å². The van der Waals surface area contributed by atoms with Crippen molar-refractivity contribution in [2.24, 2.45) is 0 Å². The van der Waals surface area contributed by atoms with Gasteiger partial charge in [0.15, 0.2) is 5.82 Å². The number of benzene rings is 1. The van der Waals surface area contributed by atoms with Crippen LogP contribution >= 0.6 is 11.6 Å². The summed E-state index contributed by atoms with van der Waals surface area (Å²) in [6, 6.07) is 9.57. The van der Waals surface area contributed by atoms with E-state index in [1.54, 1.807) is 10.7 Å². The molecule has 6 heteroatoms. The van der Waals surface area contributed by atoms with Crippen LogP contribution in [-0.4, -0.2) is 21.9 Å². The summed E-state index contributed by atoms with van der Waals surface area (Å²) in [7, 11) is 0. The monoisotopic (exact) mass is 332 g/mol. The first-order valence-corrected chi connectivity index (χ1v) is 8.42. The van der Waals surface area contributed by atoms with E-state index in [9.17, 15) is 4.79 Å². The third kappa shape index (κ3) is 4.73. The van der Waals surface area contributed by atoms with Crippen LogP contribution in [0.1, 0.15) is 37.7 Å². The van der Waals surface area contributed by atoms with Crippen molar-refractivity contribution in [3.8, 4) is 0 Å². The lowest BCUT2D eigenvalue weighted by atomic mass is 9.96. The smallest absolute Gasteiger partial charge is 0.320 e. The molecule has 23 heavy (non-hydrogen) atoms. The number of anilines is 1. The largest absolute Gasteiger partial charge is 0.335 e. The van der Waals surface area contributed by atoms with E-state index in [4.69, 9.17) is 11.6 Å². The molecule has 0 spiro atoms. The van der Waals surface area contributed by atoms with E-state index in [1.807, 2.05) is 30.5 Å². The van der Waals surface area contributed by atoms with E-state index >= 15 is 0 Å². The predicted molar refractivity (Wildman–Crippen MR) is 91.8 cm³/mol. The number of rotatable bonds is 4. The van der Waals surface area contributed by atoms with Crippen LogP contribution in [0.2, 0.25) is 5.02 Å². The Bertz CT molecular complexity index is 647. The lowest BCUT2D eigenvalue weighted by Gasteiger charge is -2.22. The molecule has 1 heterocycles. The number of carbonyl (C=O) groups excluding carboxylic acids is 1. The lowest BCUT2D eigenvalue weighted by Crippen LogP contribution is -2.39. The number of halogens is 1. The summed E-state index contributed by atoms with van der Waals surface area (Å²) in [5.74, 6) is 0.562. The molecule has 3 rings (SSSR count). The SMILES string of the molecule is O=C(Nc1ccn(Cc2ccc(Cl)cc2)n1)NC1CCCCC1. The zero-order valence-corrected chi connectivity index (χ0v) is 13.7. The summed E-state index contributed by atoms with van der Waals surface area (Å²) in [5, 5.41) is 10.9. The van der Waals surface area contributed by atoms with Crippen molar-refractivity contribution < 1.29 is 4.79 Å². The molecule has 1 aliphatic rings. The van der Waals surface area contributed by atoms with Crippen molar-refractivity contribution >= 4 is 23.4 Å². The quantitative estimate of drug-likeness (QED) is 0.887. The van der Waals surface area contributed by atoms with Gasteiger partial charge in [-0.25, -0.2) is 4.79 Å². The molecule has 0 aliphatic heterocycles. The van der Waals surface area contributed by atoms with Gasteiger partial charge in [0.1, 0.15) is 0 Å². The van der Waals surface area contributed by atoms with Gasteiger partial charge in [-0.15, -0.1) is 0 Å². The van der Waals surface area contributed by atoms with E-state index in [1.165, 1.54) is 19.3 Å². The Balaban J connectivity index is 1.52. The molecule has 1 aromatic carbocycles. The van der Waals surface area contributed by atoms with Gasteiger partial charge in [0.05, 0.1) is 6.54 Å². The molecule has 0 radical (unpaired) electrons. The molecular formula is C17H21ClN4O. The Kier molecular flexibility index (Phi) is 5.18. The number of amides is 2. The molecule has 122 valence electrons. The van der Waals surface area contributed by atoms with Crippen LogP contribution in [0.25, 0.3) is 0 Å². The summed E-state index contributed by atoms with van der Waals surface area (Å²) >= 11 is 5.88. The number of nitrogens with zero attached hydrogens (tertiary/aromatic N) is 2. The Morgan fingerprint density at radius 3 is 2.65 bits per heavy atom. The van der Waals surface area contributed by atoms with Crippen LogP contribution < -0.4 is 10.6 Å². The van der Waals surface area contributed by atoms with Crippen molar-refractivity contribution in [2.45, 2.75) is 44.7 Å². The third-order valence-electron chi connectivity index (χ3n) is 4.08. The molecule has 0 bridgehead atoms. The summed E-state index contributed by atoms with van der Waals surface area (Å²) < 4.78 is 1.79. The van der Waals surface area contributed by atoms with Crippen LogP contribution in [0.4, 0.5) is 10.6 Å². The standard InChI is InChI=1S/C17H21ClN4O/c18-14-8-6-13(7-9-14)12-22-11-10-16(21-22)20-17(23)19-15-4-2-1-3-5-15/h6-11,15H,1-5,12H2,(H2,19,20,21,23). The predicted octanol–water partition coefficient (Wildman–Crippen LogP) is 4.04. The maximum absolute atomic E-state index is 12.0. The van der Waals surface area contributed by atoms with Gasteiger partial charge >= 0.3 is 6.03 Å². The fourth-order valence-corrected chi connectivity index (χ4v) is 3.00. The van der Waals surface area contributed by atoms with Gasteiger partial charge in [-0.3, -0.25) is 10.00 Å². The average molecular weight is 333 g/mol. The maximum atomic E-state index is 12.0. The Morgan fingerprint density at radius 2 is 1.91 bits per heavy atom.